The number of hydrogen-bond acceptors (Lipinski definition) is 8. The van der Waals surface area contributed by atoms with Crippen LogP contribution in [0.2, 0.25) is 0 Å². The quantitative estimate of drug-likeness (QED) is 0.291. The Hall–Kier alpha value is -2.05. The van der Waals surface area contributed by atoms with Crippen LogP contribution >= 0.6 is 0 Å². The molecule has 11 heteroatoms. The normalized spacial score (nSPS) is 43.4. The first-order valence-electron chi connectivity index (χ1n) is 13.6. The van der Waals surface area contributed by atoms with Crippen molar-refractivity contribution in [1.82, 2.24) is 5.32 Å². The Kier molecular flexibility index (Phi) is 8.24. The summed E-state index contributed by atoms with van der Waals surface area (Å²) in [7, 11) is 0. The van der Waals surface area contributed by atoms with Crippen molar-refractivity contribution in [2.75, 3.05) is 26.5 Å². The molecule has 1 heterocycles. The van der Waals surface area contributed by atoms with E-state index in [2.05, 4.69) is 5.32 Å². The van der Waals surface area contributed by atoms with Crippen LogP contribution in [0.25, 0.3) is 0 Å². The summed E-state index contributed by atoms with van der Waals surface area (Å²) in [4.78, 5) is 37.3. The lowest BCUT2D eigenvalue weighted by Crippen LogP contribution is -2.72. The van der Waals surface area contributed by atoms with E-state index >= 15 is 8.78 Å². The van der Waals surface area contributed by atoms with E-state index in [1.165, 1.54) is 19.1 Å². The third-order valence-corrected chi connectivity index (χ3v) is 9.82. The summed E-state index contributed by atoms with van der Waals surface area (Å²) in [5, 5.41) is 14.0. The number of aliphatic hydroxyl groups excluding tert-OH is 1. The number of nitrogens with two attached hydrogens (primary N) is 1. The van der Waals surface area contributed by atoms with Crippen LogP contribution in [0.5, 0.6) is 0 Å². The van der Waals surface area contributed by atoms with E-state index in [4.69, 9.17) is 19.9 Å². The molecule has 218 valence electrons. The molecule has 0 bridgehead atoms. The molecule has 2 saturated carbocycles. The van der Waals surface area contributed by atoms with Gasteiger partial charge in [-0.15, -0.1) is 0 Å². The largest absolute Gasteiger partial charge is 0.390 e. The highest BCUT2D eigenvalue weighted by Crippen LogP contribution is 2.67. The van der Waals surface area contributed by atoms with Crippen LogP contribution in [-0.4, -0.2) is 78.9 Å². The van der Waals surface area contributed by atoms with Gasteiger partial charge in [0, 0.05) is 16.7 Å². The number of Topliss-reactive ketones (excluding diaryl/α,β-unsaturated/α-hetero) is 1. The number of aliphatic hydroxyl groups is 1. The number of halogens is 2. The highest BCUT2D eigenvalue weighted by molar-refractivity contribution is 6.01. The first-order valence-corrected chi connectivity index (χ1v) is 13.6. The summed E-state index contributed by atoms with van der Waals surface area (Å²) in [6.07, 6.45) is 0.692. The molecule has 9 nitrogen and oxygen atoms in total. The van der Waals surface area contributed by atoms with Gasteiger partial charge in [0.25, 0.3) is 0 Å². The van der Waals surface area contributed by atoms with Crippen LogP contribution in [0.3, 0.4) is 0 Å². The first-order chi connectivity index (χ1) is 18.3. The van der Waals surface area contributed by atoms with E-state index in [-0.39, 0.29) is 38.3 Å². The molecule has 0 aromatic rings. The molecule has 0 aromatic carbocycles. The molecule has 9 atom stereocenters. The molecule has 4 N–H and O–H groups in total. The monoisotopic (exact) mass is 554 g/mol. The summed E-state index contributed by atoms with van der Waals surface area (Å²) in [6.45, 7) is 5.95. The zero-order chi connectivity index (χ0) is 28.8. The number of hydrogen-bond donors (Lipinski definition) is 3. The Morgan fingerprint density at radius 2 is 2.05 bits per heavy atom. The van der Waals surface area contributed by atoms with Crippen LogP contribution in [0, 0.1) is 22.7 Å². The van der Waals surface area contributed by atoms with E-state index in [1.807, 2.05) is 6.92 Å². The molecule has 6 unspecified atom stereocenters. The van der Waals surface area contributed by atoms with Crippen LogP contribution in [0.1, 0.15) is 53.4 Å². The third-order valence-electron chi connectivity index (χ3n) is 9.82. The smallest absolute Gasteiger partial charge is 0.235 e. The van der Waals surface area contributed by atoms with Crippen LogP contribution in [0.4, 0.5) is 8.78 Å². The number of amides is 1. The molecule has 1 amide bonds. The fourth-order valence-corrected chi connectivity index (χ4v) is 7.35. The van der Waals surface area contributed by atoms with Gasteiger partial charge in [-0.1, -0.05) is 33.3 Å². The minimum absolute atomic E-state index is 0.0331. The highest BCUT2D eigenvalue weighted by atomic mass is 19.1. The van der Waals surface area contributed by atoms with E-state index < -0.39 is 76.6 Å². The number of ether oxygens (including phenoxy) is 3. The summed E-state index contributed by atoms with van der Waals surface area (Å²) < 4.78 is 50.6. The molecule has 0 aromatic heterocycles. The van der Waals surface area contributed by atoms with Crippen LogP contribution < -0.4 is 11.1 Å². The number of rotatable bonds is 9. The minimum Gasteiger partial charge on any atom is -0.390 e. The van der Waals surface area contributed by atoms with Gasteiger partial charge in [-0.25, -0.2) is 8.78 Å². The number of carbonyl (C=O) groups excluding carboxylic acids is 3. The second kappa shape index (κ2) is 10.7. The number of ketones is 2. The van der Waals surface area contributed by atoms with Crippen molar-refractivity contribution in [3.8, 4) is 0 Å². The summed E-state index contributed by atoms with van der Waals surface area (Å²) >= 11 is 0. The van der Waals surface area contributed by atoms with Crippen molar-refractivity contribution >= 4 is 17.5 Å². The van der Waals surface area contributed by atoms with Gasteiger partial charge in [-0.05, 0) is 49.8 Å². The second-order valence-corrected chi connectivity index (χ2v) is 11.7. The molecular weight excluding hydrogens is 514 g/mol. The average molecular weight is 555 g/mol. The van der Waals surface area contributed by atoms with Crippen molar-refractivity contribution in [1.29, 1.82) is 0 Å². The van der Waals surface area contributed by atoms with Crippen molar-refractivity contribution in [3.63, 3.8) is 0 Å². The predicted molar refractivity (Wildman–Crippen MR) is 137 cm³/mol. The Bertz CT molecular complexity index is 1070. The number of fused-ring (bicyclic) bond motifs is 3. The molecule has 1 aliphatic heterocycles. The Balaban J connectivity index is 1.69. The van der Waals surface area contributed by atoms with Crippen molar-refractivity contribution < 1.29 is 42.5 Å². The fourth-order valence-electron chi connectivity index (χ4n) is 7.35. The zero-order valence-electron chi connectivity index (χ0n) is 23.0. The lowest BCUT2D eigenvalue weighted by molar-refractivity contribution is -0.242. The van der Waals surface area contributed by atoms with Crippen molar-refractivity contribution in [2.24, 2.45) is 28.4 Å². The van der Waals surface area contributed by atoms with Gasteiger partial charge in [0.2, 0.25) is 5.91 Å². The molecular formula is C28H40F2N2O7. The standard InChI is InChI=1S/C28H40F2N2O7/c1-5-6-24-38-14-27(39-24,22(35)13-37-15-32-23(36)12-31)26(4)11-21(34)28(30)18(16(26)2)10-20(29)19-9-17(33)7-8-25(19,28)3/h7-9,16,18,20-21,24,34H,5-6,10-15,31H2,1-4H3,(H,32,36)/t16?,18?,20-,21?,24?,25-,26?,27?,28-/m0/s1. The van der Waals surface area contributed by atoms with E-state index in [9.17, 15) is 19.5 Å². The SMILES string of the molecule is CCCC1OCC(C(=O)COCNC(=O)CN)(C2(C)CC(O)[C@@]3(F)C(C[C@H](F)C4=CC(=O)C=C[C@@]43C)C2C)O1. The molecule has 1 saturated heterocycles. The summed E-state index contributed by atoms with van der Waals surface area (Å²) in [5.74, 6) is -2.98. The van der Waals surface area contributed by atoms with Gasteiger partial charge < -0.3 is 30.4 Å². The molecule has 3 aliphatic carbocycles. The lowest BCUT2D eigenvalue weighted by Gasteiger charge is -2.64. The molecule has 4 aliphatic rings. The molecule has 39 heavy (non-hydrogen) atoms. The Morgan fingerprint density at radius 3 is 2.72 bits per heavy atom. The van der Waals surface area contributed by atoms with E-state index in [1.54, 1.807) is 13.8 Å². The number of carbonyl (C=O) groups is 3. The van der Waals surface area contributed by atoms with Crippen molar-refractivity contribution in [3.05, 3.63) is 23.8 Å². The maximum absolute atomic E-state index is 17.3. The molecule has 0 spiro atoms. The minimum atomic E-state index is -2.28. The van der Waals surface area contributed by atoms with Gasteiger partial charge >= 0.3 is 0 Å². The molecule has 3 fully saturated rings. The lowest BCUT2D eigenvalue weighted by atomic mass is 9.43. The summed E-state index contributed by atoms with van der Waals surface area (Å²) in [6, 6.07) is 0. The van der Waals surface area contributed by atoms with Gasteiger partial charge in [0.1, 0.15) is 19.5 Å². The number of nitrogens with one attached hydrogen (secondary N) is 1. The van der Waals surface area contributed by atoms with Gasteiger partial charge in [-0.2, -0.15) is 0 Å². The van der Waals surface area contributed by atoms with Gasteiger partial charge in [-0.3, -0.25) is 14.4 Å². The predicted octanol–water partition coefficient (Wildman–Crippen LogP) is 2.06. The average Bonchev–Trinajstić information content (AvgIpc) is 3.34. The molecule has 4 rings (SSSR count). The van der Waals surface area contributed by atoms with Crippen molar-refractivity contribution in [2.45, 2.75) is 83.2 Å². The number of alkyl halides is 2. The van der Waals surface area contributed by atoms with E-state index in [0.717, 1.165) is 12.5 Å². The summed E-state index contributed by atoms with van der Waals surface area (Å²) in [5.41, 5.74) is -1.27. The number of allylic oxidation sites excluding steroid dienone is 4. The highest BCUT2D eigenvalue weighted by Gasteiger charge is 2.74. The Labute approximate surface area is 227 Å². The van der Waals surface area contributed by atoms with Gasteiger partial charge in [0.05, 0.1) is 19.3 Å². The fraction of sp³-hybridized carbons (Fsp3) is 0.750. The maximum Gasteiger partial charge on any atom is 0.235 e. The molecule has 0 radical (unpaired) electrons. The topological polar surface area (TPSA) is 137 Å². The maximum atomic E-state index is 17.3. The Morgan fingerprint density at radius 1 is 1.33 bits per heavy atom. The third kappa shape index (κ3) is 4.50. The van der Waals surface area contributed by atoms with E-state index in [0.29, 0.717) is 6.42 Å². The first kappa shape index (κ1) is 29.9. The van der Waals surface area contributed by atoms with Crippen LogP contribution in [0.15, 0.2) is 23.8 Å². The second-order valence-electron chi connectivity index (χ2n) is 11.7. The zero-order valence-corrected chi connectivity index (χ0v) is 23.0. The van der Waals surface area contributed by atoms with Gasteiger partial charge in [0.15, 0.2) is 29.1 Å². The van der Waals surface area contributed by atoms with Crippen LogP contribution in [-0.2, 0) is 28.6 Å².